The van der Waals surface area contributed by atoms with Crippen molar-refractivity contribution >= 4 is 27.5 Å². The van der Waals surface area contributed by atoms with Crippen LogP contribution in [0.4, 0.5) is 5.69 Å². The second-order valence-electron chi connectivity index (χ2n) is 7.19. The summed E-state index contributed by atoms with van der Waals surface area (Å²) in [6, 6.07) is 6.36. The van der Waals surface area contributed by atoms with Crippen molar-refractivity contribution in [2.45, 2.75) is 43.0 Å². The molecule has 1 aliphatic heterocycles. The zero-order valence-electron chi connectivity index (χ0n) is 15.1. The van der Waals surface area contributed by atoms with E-state index in [2.05, 4.69) is 5.32 Å². The van der Waals surface area contributed by atoms with Crippen LogP contribution in [0.5, 0.6) is 0 Å². The summed E-state index contributed by atoms with van der Waals surface area (Å²) in [5.41, 5.74) is 0.527. The SMILES string of the molecule is CN(C)S(=O)(=O)c1ccc(NC(=O)C2CC(=O)N(C3CCCC3)C2)cc1. The lowest BCUT2D eigenvalue weighted by Crippen LogP contribution is -2.35. The van der Waals surface area contributed by atoms with Crippen LogP contribution in [0.15, 0.2) is 29.2 Å². The molecule has 0 bridgehead atoms. The highest BCUT2D eigenvalue weighted by Gasteiger charge is 2.38. The van der Waals surface area contributed by atoms with Crippen LogP contribution in [0, 0.1) is 5.92 Å². The average Bonchev–Trinajstić information content (AvgIpc) is 3.24. The van der Waals surface area contributed by atoms with Gasteiger partial charge >= 0.3 is 0 Å². The maximum Gasteiger partial charge on any atom is 0.242 e. The van der Waals surface area contributed by atoms with Crippen LogP contribution in [0.1, 0.15) is 32.1 Å². The third kappa shape index (κ3) is 3.76. The van der Waals surface area contributed by atoms with Crippen molar-refractivity contribution in [3.8, 4) is 0 Å². The van der Waals surface area contributed by atoms with E-state index in [0.29, 0.717) is 12.2 Å². The van der Waals surface area contributed by atoms with Crippen molar-refractivity contribution in [1.82, 2.24) is 9.21 Å². The topological polar surface area (TPSA) is 86.8 Å². The van der Waals surface area contributed by atoms with E-state index in [1.54, 1.807) is 12.1 Å². The molecule has 8 heteroatoms. The summed E-state index contributed by atoms with van der Waals surface area (Å²) >= 11 is 0. The van der Waals surface area contributed by atoms with E-state index >= 15 is 0 Å². The first-order valence-electron chi connectivity index (χ1n) is 8.92. The molecule has 142 valence electrons. The van der Waals surface area contributed by atoms with Crippen LogP contribution in [0.2, 0.25) is 0 Å². The minimum atomic E-state index is -3.49. The Morgan fingerprint density at radius 3 is 2.35 bits per heavy atom. The summed E-state index contributed by atoms with van der Waals surface area (Å²) in [5.74, 6) is -0.486. The van der Waals surface area contributed by atoms with Gasteiger partial charge in [-0.1, -0.05) is 12.8 Å². The summed E-state index contributed by atoms with van der Waals surface area (Å²) in [4.78, 5) is 26.8. The molecule has 1 aromatic rings. The molecule has 0 radical (unpaired) electrons. The van der Waals surface area contributed by atoms with E-state index in [4.69, 9.17) is 0 Å². The second kappa shape index (κ2) is 7.36. The number of hydrogen-bond donors (Lipinski definition) is 1. The molecule has 2 aliphatic rings. The quantitative estimate of drug-likeness (QED) is 0.843. The normalized spacial score (nSPS) is 21.6. The van der Waals surface area contributed by atoms with E-state index in [9.17, 15) is 18.0 Å². The van der Waals surface area contributed by atoms with E-state index in [1.807, 2.05) is 4.90 Å². The summed E-state index contributed by atoms with van der Waals surface area (Å²) in [5, 5.41) is 2.80. The maximum absolute atomic E-state index is 12.5. The highest BCUT2D eigenvalue weighted by Crippen LogP contribution is 2.30. The van der Waals surface area contributed by atoms with Crippen LogP contribution < -0.4 is 5.32 Å². The molecule has 1 N–H and O–H groups in total. The zero-order valence-corrected chi connectivity index (χ0v) is 16.0. The lowest BCUT2D eigenvalue weighted by atomic mass is 10.1. The number of nitrogens with zero attached hydrogens (tertiary/aromatic N) is 2. The Labute approximate surface area is 154 Å². The predicted molar refractivity (Wildman–Crippen MR) is 98.0 cm³/mol. The van der Waals surface area contributed by atoms with E-state index in [-0.39, 0.29) is 35.1 Å². The Balaban J connectivity index is 1.62. The average molecular weight is 379 g/mol. The fraction of sp³-hybridized carbons (Fsp3) is 0.556. The number of rotatable bonds is 5. The first kappa shape index (κ1) is 18.8. The fourth-order valence-electron chi connectivity index (χ4n) is 3.64. The monoisotopic (exact) mass is 379 g/mol. The first-order chi connectivity index (χ1) is 12.3. The number of likely N-dealkylation sites (tertiary alicyclic amines) is 1. The Kier molecular flexibility index (Phi) is 5.34. The summed E-state index contributed by atoms with van der Waals surface area (Å²) in [6.07, 6.45) is 4.60. The molecule has 1 atom stereocenters. The molecule has 3 rings (SSSR count). The lowest BCUT2D eigenvalue weighted by molar-refractivity contribution is -0.129. The Bertz CT molecular complexity index is 783. The van der Waals surface area contributed by atoms with Gasteiger partial charge in [-0.15, -0.1) is 0 Å². The van der Waals surface area contributed by atoms with Gasteiger partial charge in [0.25, 0.3) is 0 Å². The molecule has 1 heterocycles. The molecule has 0 aromatic heterocycles. The number of sulfonamides is 1. The van der Waals surface area contributed by atoms with Gasteiger partial charge in [-0.3, -0.25) is 9.59 Å². The van der Waals surface area contributed by atoms with Crippen molar-refractivity contribution in [3.05, 3.63) is 24.3 Å². The van der Waals surface area contributed by atoms with Gasteiger partial charge < -0.3 is 10.2 Å². The molecular weight excluding hydrogens is 354 g/mol. The molecule has 1 saturated heterocycles. The van der Waals surface area contributed by atoms with Crippen molar-refractivity contribution < 1.29 is 18.0 Å². The standard InChI is InChI=1S/C18H25N3O4S/c1-20(2)26(24,25)16-9-7-14(8-10-16)19-18(23)13-11-17(22)21(12-13)15-5-3-4-6-15/h7-10,13,15H,3-6,11-12H2,1-2H3,(H,19,23). The van der Waals surface area contributed by atoms with Gasteiger partial charge in [0, 0.05) is 38.8 Å². The molecule has 1 unspecified atom stereocenters. The molecule has 1 aliphatic carbocycles. The van der Waals surface area contributed by atoms with Gasteiger partial charge in [0.15, 0.2) is 0 Å². The van der Waals surface area contributed by atoms with E-state index in [1.165, 1.54) is 26.2 Å². The van der Waals surface area contributed by atoms with Crippen molar-refractivity contribution in [1.29, 1.82) is 0 Å². The largest absolute Gasteiger partial charge is 0.339 e. The molecule has 2 fully saturated rings. The van der Waals surface area contributed by atoms with Crippen LogP contribution in [-0.4, -0.2) is 56.1 Å². The first-order valence-corrected chi connectivity index (χ1v) is 10.4. The van der Waals surface area contributed by atoms with Gasteiger partial charge in [0.2, 0.25) is 21.8 Å². The molecule has 26 heavy (non-hydrogen) atoms. The van der Waals surface area contributed by atoms with E-state index in [0.717, 1.165) is 30.0 Å². The van der Waals surface area contributed by atoms with Gasteiger partial charge in [0.05, 0.1) is 10.8 Å². The van der Waals surface area contributed by atoms with E-state index < -0.39 is 10.0 Å². The second-order valence-corrected chi connectivity index (χ2v) is 9.34. The molecule has 1 saturated carbocycles. The summed E-state index contributed by atoms with van der Waals surface area (Å²) in [7, 11) is -0.552. The number of carbonyl (C=O) groups is 2. The van der Waals surface area contributed by atoms with Crippen molar-refractivity contribution in [3.63, 3.8) is 0 Å². The van der Waals surface area contributed by atoms with Gasteiger partial charge in [-0.25, -0.2) is 12.7 Å². The van der Waals surface area contributed by atoms with Crippen molar-refractivity contribution in [2.24, 2.45) is 5.92 Å². The lowest BCUT2D eigenvalue weighted by Gasteiger charge is -2.23. The minimum absolute atomic E-state index is 0.0597. The predicted octanol–water partition coefficient (Wildman–Crippen LogP) is 1.67. The van der Waals surface area contributed by atoms with Crippen molar-refractivity contribution in [2.75, 3.05) is 26.0 Å². The maximum atomic E-state index is 12.5. The molecule has 2 amide bonds. The smallest absolute Gasteiger partial charge is 0.242 e. The van der Waals surface area contributed by atoms with Gasteiger partial charge in [-0.2, -0.15) is 0 Å². The zero-order chi connectivity index (χ0) is 18.9. The number of nitrogens with one attached hydrogen (secondary N) is 1. The molecule has 0 spiro atoms. The number of anilines is 1. The Hall–Kier alpha value is -1.93. The number of hydrogen-bond acceptors (Lipinski definition) is 4. The highest BCUT2D eigenvalue weighted by molar-refractivity contribution is 7.89. The third-order valence-corrected chi connectivity index (χ3v) is 7.02. The minimum Gasteiger partial charge on any atom is -0.339 e. The van der Waals surface area contributed by atoms with Crippen LogP contribution in [0.3, 0.4) is 0 Å². The van der Waals surface area contributed by atoms with Gasteiger partial charge in [-0.05, 0) is 37.1 Å². The molecule has 1 aromatic carbocycles. The number of amides is 2. The summed E-state index contributed by atoms with van der Waals surface area (Å²) < 4.78 is 25.3. The van der Waals surface area contributed by atoms with Crippen LogP contribution in [0.25, 0.3) is 0 Å². The fourth-order valence-corrected chi connectivity index (χ4v) is 4.54. The van der Waals surface area contributed by atoms with Crippen LogP contribution >= 0.6 is 0 Å². The van der Waals surface area contributed by atoms with Crippen LogP contribution in [-0.2, 0) is 19.6 Å². The summed E-state index contributed by atoms with van der Waals surface area (Å²) in [6.45, 7) is 0.475. The highest BCUT2D eigenvalue weighted by atomic mass is 32.2. The molecular formula is C18H25N3O4S. The third-order valence-electron chi connectivity index (χ3n) is 5.20. The van der Waals surface area contributed by atoms with Gasteiger partial charge in [0.1, 0.15) is 0 Å². The molecule has 7 nitrogen and oxygen atoms in total. The number of carbonyl (C=O) groups excluding carboxylic acids is 2. The Morgan fingerprint density at radius 2 is 1.77 bits per heavy atom. The Morgan fingerprint density at radius 1 is 1.15 bits per heavy atom. The number of benzene rings is 1.